The first-order chi connectivity index (χ1) is 7.41. The molecule has 0 radical (unpaired) electrons. The number of esters is 2. The summed E-state index contributed by atoms with van der Waals surface area (Å²) in [5.41, 5.74) is 0. The highest BCUT2D eigenvalue weighted by Crippen LogP contribution is 1.89. The second kappa shape index (κ2) is 7.36. The van der Waals surface area contributed by atoms with Crippen molar-refractivity contribution in [3.05, 3.63) is 0 Å². The Morgan fingerprint density at radius 2 is 1.19 bits per heavy atom. The summed E-state index contributed by atoms with van der Waals surface area (Å²) in [6.07, 6.45) is -0.980. The summed E-state index contributed by atoms with van der Waals surface area (Å²) in [5.74, 6) is 9.49. The van der Waals surface area contributed by atoms with Gasteiger partial charge in [0.1, 0.15) is 0 Å². The lowest BCUT2D eigenvalue weighted by atomic mass is 10.3. The molecule has 0 rings (SSSR count). The zero-order chi connectivity index (χ0) is 12.6. The maximum atomic E-state index is 10.5. The van der Waals surface area contributed by atoms with Crippen molar-refractivity contribution in [1.82, 2.24) is 0 Å². The first-order valence-corrected chi connectivity index (χ1v) is 4.77. The minimum atomic E-state index is -0.490. The van der Waals surface area contributed by atoms with E-state index < -0.39 is 12.2 Å². The van der Waals surface area contributed by atoms with Crippen LogP contribution in [0.5, 0.6) is 0 Å². The van der Waals surface area contributed by atoms with E-state index in [-0.39, 0.29) is 11.9 Å². The Balaban J connectivity index is 4.13. The Kier molecular flexibility index (Phi) is 6.47. The SMILES string of the molecule is CC(=O)OC(C)C#CC#CC(C)OC(C)=O. The zero-order valence-electron chi connectivity index (χ0n) is 9.79. The van der Waals surface area contributed by atoms with Crippen molar-refractivity contribution in [2.45, 2.75) is 39.9 Å². The fourth-order valence-corrected chi connectivity index (χ4v) is 0.832. The first kappa shape index (κ1) is 14.1. The molecule has 0 N–H and O–H groups in total. The summed E-state index contributed by atoms with van der Waals surface area (Å²) >= 11 is 0. The molecular weight excluding hydrogens is 208 g/mol. The average molecular weight is 222 g/mol. The van der Waals surface area contributed by atoms with E-state index in [0.717, 1.165) is 0 Å². The third-order valence-electron chi connectivity index (χ3n) is 1.30. The lowest BCUT2D eigenvalue weighted by molar-refractivity contribution is -0.144. The van der Waals surface area contributed by atoms with E-state index in [1.54, 1.807) is 13.8 Å². The molecule has 0 aromatic carbocycles. The number of hydrogen-bond acceptors (Lipinski definition) is 4. The van der Waals surface area contributed by atoms with Gasteiger partial charge in [0.15, 0.2) is 12.2 Å². The minimum Gasteiger partial charge on any atom is -0.450 e. The van der Waals surface area contributed by atoms with Gasteiger partial charge in [-0.25, -0.2) is 0 Å². The van der Waals surface area contributed by atoms with Gasteiger partial charge in [-0.05, 0) is 37.5 Å². The first-order valence-electron chi connectivity index (χ1n) is 4.77. The fourth-order valence-electron chi connectivity index (χ4n) is 0.832. The average Bonchev–Trinajstić information content (AvgIpc) is 2.10. The van der Waals surface area contributed by atoms with Crippen LogP contribution in [0.1, 0.15) is 27.7 Å². The molecule has 0 aliphatic heterocycles. The molecule has 0 saturated carbocycles. The largest absolute Gasteiger partial charge is 0.450 e. The quantitative estimate of drug-likeness (QED) is 0.514. The van der Waals surface area contributed by atoms with E-state index in [2.05, 4.69) is 23.7 Å². The predicted octanol–water partition coefficient (Wildman–Crippen LogP) is 0.896. The number of ether oxygens (including phenoxy) is 2. The molecule has 0 amide bonds. The molecule has 86 valence electrons. The van der Waals surface area contributed by atoms with Crippen LogP contribution in [0.3, 0.4) is 0 Å². The van der Waals surface area contributed by atoms with Crippen molar-refractivity contribution in [3.63, 3.8) is 0 Å². The lowest BCUT2D eigenvalue weighted by Gasteiger charge is -2.02. The smallest absolute Gasteiger partial charge is 0.303 e. The van der Waals surface area contributed by atoms with E-state index in [4.69, 9.17) is 9.47 Å². The van der Waals surface area contributed by atoms with Gasteiger partial charge in [0.25, 0.3) is 0 Å². The van der Waals surface area contributed by atoms with Crippen LogP contribution in [0.15, 0.2) is 0 Å². The van der Waals surface area contributed by atoms with Crippen molar-refractivity contribution in [3.8, 4) is 23.7 Å². The highest BCUT2D eigenvalue weighted by molar-refractivity contribution is 5.66. The molecule has 0 aliphatic rings. The van der Waals surface area contributed by atoms with Crippen LogP contribution in [0.25, 0.3) is 0 Å². The van der Waals surface area contributed by atoms with Crippen LogP contribution in [-0.4, -0.2) is 24.1 Å². The monoisotopic (exact) mass is 222 g/mol. The van der Waals surface area contributed by atoms with Gasteiger partial charge in [0.05, 0.1) is 0 Å². The highest BCUT2D eigenvalue weighted by Gasteiger charge is 1.99. The minimum absolute atomic E-state index is 0.386. The molecule has 0 heterocycles. The summed E-state index contributed by atoms with van der Waals surface area (Å²) in [6, 6.07) is 0. The molecule has 4 heteroatoms. The molecular formula is C12H14O4. The van der Waals surface area contributed by atoms with Crippen molar-refractivity contribution < 1.29 is 19.1 Å². The summed E-state index contributed by atoms with van der Waals surface area (Å²) in [4.78, 5) is 21.1. The standard InChI is InChI=1S/C12H14O4/c1-9(15-11(3)13)7-5-6-8-10(2)16-12(4)14/h9-10H,1-4H3. The van der Waals surface area contributed by atoms with E-state index in [0.29, 0.717) is 0 Å². The van der Waals surface area contributed by atoms with Gasteiger partial charge in [0, 0.05) is 13.8 Å². The zero-order valence-corrected chi connectivity index (χ0v) is 9.79. The molecule has 2 unspecified atom stereocenters. The summed E-state index contributed by atoms with van der Waals surface area (Å²) in [6.45, 7) is 5.91. The number of hydrogen-bond donors (Lipinski definition) is 0. The Hall–Kier alpha value is -1.94. The molecule has 0 aromatic heterocycles. The highest BCUT2D eigenvalue weighted by atomic mass is 16.5. The van der Waals surface area contributed by atoms with Crippen LogP contribution < -0.4 is 0 Å². The van der Waals surface area contributed by atoms with Crippen molar-refractivity contribution in [2.24, 2.45) is 0 Å². The van der Waals surface area contributed by atoms with Crippen LogP contribution in [-0.2, 0) is 19.1 Å². The number of rotatable bonds is 2. The Labute approximate surface area is 95.3 Å². The molecule has 0 bridgehead atoms. The van der Waals surface area contributed by atoms with Gasteiger partial charge in [-0.15, -0.1) is 0 Å². The Morgan fingerprint density at radius 1 is 0.875 bits per heavy atom. The van der Waals surface area contributed by atoms with Gasteiger partial charge in [0.2, 0.25) is 0 Å². The van der Waals surface area contributed by atoms with Crippen LogP contribution in [0.4, 0.5) is 0 Å². The predicted molar refractivity (Wildman–Crippen MR) is 58.0 cm³/mol. The number of carbonyl (C=O) groups excluding carboxylic acids is 2. The third kappa shape index (κ3) is 8.65. The fraction of sp³-hybridized carbons (Fsp3) is 0.500. The van der Waals surface area contributed by atoms with Crippen molar-refractivity contribution in [1.29, 1.82) is 0 Å². The van der Waals surface area contributed by atoms with Gasteiger partial charge in [-0.1, -0.05) is 0 Å². The number of carbonyl (C=O) groups is 2. The Bertz CT molecular complexity index is 337. The van der Waals surface area contributed by atoms with Crippen LogP contribution in [0, 0.1) is 23.7 Å². The van der Waals surface area contributed by atoms with E-state index in [1.165, 1.54) is 13.8 Å². The molecule has 16 heavy (non-hydrogen) atoms. The van der Waals surface area contributed by atoms with E-state index in [1.807, 2.05) is 0 Å². The second-order valence-corrected chi connectivity index (χ2v) is 3.04. The van der Waals surface area contributed by atoms with E-state index >= 15 is 0 Å². The molecule has 2 atom stereocenters. The normalized spacial score (nSPS) is 12.0. The van der Waals surface area contributed by atoms with Gasteiger partial charge >= 0.3 is 11.9 Å². The summed E-state index contributed by atoms with van der Waals surface area (Å²) < 4.78 is 9.51. The van der Waals surface area contributed by atoms with Gasteiger partial charge in [-0.2, -0.15) is 0 Å². The van der Waals surface area contributed by atoms with Gasteiger partial charge in [-0.3, -0.25) is 9.59 Å². The molecule has 0 spiro atoms. The lowest BCUT2D eigenvalue weighted by Crippen LogP contribution is -2.09. The second-order valence-electron chi connectivity index (χ2n) is 3.04. The summed E-state index contributed by atoms with van der Waals surface area (Å²) in [7, 11) is 0. The molecule has 4 nitrogen and oxygen atoms in total. The maximum Gasteiger partial charge on any atom is 0.303 e. The topological polar surface area (TPSA) is 52.6 Å². The maximum absolute atomic E-state index is 10.5. The van der Waals surface area contributed by atoms with Gasteiger partial charge < -0.3 is 9.47 Å². The van der Waals surface area contributed by atoms with Crippen molar-refractivity contribution >= 4 is 11.9 Å². The molecule has 0 aliphatic carbocycles. The molecule has 0 saturated heterocycles. The summed E-state index contributed by atoms with van der Waals surface area (Å²) in [5, 5.41) is 0. The molecule has 0 aromatic rings. The van der Waals surface area contributed by atoms with Crippen molar-refractivity contribution in [2.75, 3.05) is 0 Å². The van der Waals surface area contributed by atoms with Crippen LogP contribution in [0.2, 0.25) is 0 Å². The molecule has 0 fully saturated rings. The van der Waals surface area contributed by atoms with Crippen LogP contribution >= 0.6 is 0 Å². The Morgan fingerprint density at radius 3 is 1.44 bits per heavy atom. The third-order valence-corrected chi connectivity index (χ3v) is 1.30. The van der Waals surface area contributed by atoms with E-state index in [9.17, 15) is 9.59 Å².